The van der Waals surface area contributed by atoms with Gasteiger partial charge in [0.1, 0.15) is 0 Å². The molecule has 260 valence electrons. The van der Waals surface area contributed by atoms with Gasteiger partial charge in [0.25, 0.3) is 0 Å². The lowest BCUT2D eigenvalue weighted by Gasteiger charge is -2.13. The maximum absolute atomic E-state index is 15.8. The summed E-state index contributed by atoms with van der Waals surface area (Å²) in [5.41, 5.74) is 12.4. The summed E-state index contributed by atoms with van der Waals surface area (Å²) in [7, 11) is 0. The molecule has 0 spiro atoms. The van der Waals surface area contributed by atoms with Crippen molar-refractivity contribution in [3.8, 4) is 33.4 Å². The number of aryl methyl sites for hydroxylation is 6. The quantitative estimate of drug-likeness (QED) is 0.0959. The largest absolute Gasteiger partial charge is 0.354 e. The summed E-state index contributed by atoms with van der Waals surface area (Å²) in [6, 6.07) is 18.9. The summed E-state index contributed by atoms with van der Waals surface area (Å²) in [4.78, 5) is 15.3. The lowest BCUT2D eigenvalue weighted by Crippen LogP contribution is -2.04. The molecule has 5 heterocycles. The summed E-state index contributed by atoms with van der Waals surface area (Å²) in [6.07, 6.45) is 3.85. The van der Waals surface area contributed by atoms with E-state index in [1.54, 1.807) is 24.3 Å². The van der Waals surface area contributed by atoms with Gasteiger partial charge in [0.15, 0.2) is 23.3 Å². The molecule has 9 heteroatoms. The third-order valence-electron chi connectivity index (χ3n) is 9.89. The molecule has 52 heavy (non-hydrogen) atoms. The molecule has 1 aliphatic heterocycles. The first-order valence-corrected chi connectivity index (χ1v) is 16.8. The van der Waals surface area contributed by atoms with Gasteiger partial charge in [-0.25, -0.2) is 26.9 Å². The molecule has 0 unspecified atom stereocenters. The zero-order chi connectivity index (χ0) is 36.7. The fraction of sp³-hybridized carbons (Fsp3) is 0.140. The van der Waals surface area contributed by atoms with Crippen LogP contribution in [0.5, 0.6) is 0 Å². The first-order valence-electron chi connectivity index (χ1n) is 16.8. The second-order valence-electron chi connectivity index (χ2n) is 13.7. The summed E-state index contributed by atoms with van der Waals surface area (Å²) in [6.45, 7) is 12.1. The van der Waals surface area contributed by atoms with Gasteiger partial charge in [0.05, 0.1) is 22.5 Å². The second kappa shape index (κ2) is 12.1. The lowest BCUT2D eigenvalue weighted by molar-refractivity contribution is 0.381. The van der Waals surface area contributed by atoms with Crippen LogP contribution in [0, 0.1) is 70.6 Å². The van der Waals surface area contributed by atoms with Crippen LogP contribution in [0.2, 0.25) is 0 Å². The molecule has 8 bridgehead atoms. The number of rotatable bonds is 3. The third kappa shape index (κ3) is 5.14. The molecule has 0 aliphatic carbocycles. The summed E-state index contributed by atoms with van der Waals surface area (Å²) >= 11 is 0. The second-order valence-corrected chi connectivity index (χ2v) is 13.7. The number of nitrogens with one attached hydrogen (secondary N) is 3. The fourth-order valence-electron chi connectivity index (χ4n) is 7.92. The van der Waals surface area contributed by atoms with Crippen molar-refractivity contribution in [3.05, 3.63) is 135 Å². The molecule has 7 aromatic rings. The van der Waals surface area contributed by atoms with Gasteiger partial charge in [-0.15, -0.1) is 0 Å². The number of aromatic nitrogens is 4. The number of fused-ring (bicyclic) bond motifs is 9. The monoisotopic (exact) mass is 700 g/mol. The van der Waals surface area contributed by atoms with E-state index in [4.69, 9.17) is 4.98 Å². The highest BCUT2D eigenvalue weighted by Crippen LogP contribution is 2.41. The van der Waals surface area contributed by atoms with E-state index in [1.165, 1.54) is 0 Å². The lowest BCUT2D eigenvalue weighted by atomic mass is 9.92. The number of halogens is 5. The molecule has 4 nitrogen and oxygen atoms in total. The van der Waals surface area contributed by atoms with Crippen LogP contribution in [0.25, 0.3) is 78.6 Å². The Bertz CT molecular complexity index is 2740. The van der Waals surface area contributed by atoms with E-state index in [-0.39, 0.29) is 16.6 Å². The van der Waals surface area contributed by atoms with E-state index in [0.29, 0.717) is 22.4 Å². The van der Waals surface area contributed by atoms with Crippen LogP contribution in [0.15, 0.2) is 60.7 Å². The van der Waals surface area contributed by atoms with E-state index in [2.05, 4.69) is 39.2 Å². The van der Waals surface area contributed by atoms with Crippen molar-refractivity contribution < 1.29 is 22.0 Å². The first kappa shape index (κ1) is 33.2. The number of nitrogens with zero attached hydrogens (tertiary/aromatic N) is 1. The van der Waals surface area contributed by atoms with E-state index in [9.17, 15) is 13.2 Å². The Morgan fingerprint density at radius 2 is 0.692 bits per heavy atom. The Kier molecular flexibility index (Phi) is 7.71. The van der Waals surface area contributed by atoms with Gasteiger partial charge in [0, 0.05) is 44.3 Å². The SMILES string of the molecule is Cc1cc(C)c(-c2c3nc(c4ccc([nH]4)c(-c4c(C)cc(C)cc4C)c4ccc([nH]4)c(-c4c(F)c(F)c(F)c(F)c4F)c4ccc2[nH]4)C=C3)c(C)c1. The minimum Gasteiger partial charge on any atom is -0.354 e. The van der Waals surface area contributed by atoms with Crippen LogP contribution in [0.1, 0.15) is 44.8 Å². The zero-order valence-corrected chi connectivity index (χ0v) is 29.3. The predicted octanol–water partition coefficient (Wildman–Crippen LogP) is 12.2. The number of H-pyrrole nitrogens is 3. The van der Waals surface area contributed by atoms with Gasteiger partial charge in [-0.3, -0.25) is 0 Å². The first-order chi connectivity index (χ1) is 24.8. The molecule has 0 fully saturated rings. The Hall–Kier alpha value is -5.96. The van der Waals surface area contributed by atoms with Gasteiger partial charge in [-0.05, 0) is 123 Å². The molecule has 0 radical (unpaired) electrons. The Balaban J connectivity index is 1.63. The highest BCUT2D eigenvalue weighted by Gasteiger charge is 2.29. The topological polar surface area (TPSA) is 60.3 Å². The van der Waals surface area contributed by atoms with Gasteiger partial charge in [0.2, 0.25) is 5.82 Å². The highest BCUT2D eigenvalue weighted by molar-refractivity contribution is 6.01. The van der Waals surface area contributed by atoms with Crippen molar-refractivity contribution >= 4 is 45.3 Å². The van der Waals surface area contributed by atoms with Gasteiger partial charge >= 0.3 is 0 Å². The van der Waals surface area contributed by atoms with Crippen LogP contribution < -0.4 is 0 Å². The van der Waals surface area contributed by atoms with Crippen LogP contribution >= 0.6 is 0 Å². The van der Waals surface area contributed by atoms with Crippen molar-refractivity contribution in [3.63, 3.8) is 0 Å². The molecule has 0 atom stereocenters. The van der Waals surface area contributed by atoms with Crippen molar-refractivity contribution in [1.29, 1.82) is 0 Å². The Labute approximate surface area is 296 Å². The highest BCUT2D eigenvalue weighted by atomic mass is 19.2. The molecular weight excluding hydrogens is 667 g/mol. The number of hydrogen-bond donors (Lipinski definition) is 3. The standard InChI is InChI=1S/C43H33F5N4/c1-19-15-21(3)33(22(4)16-19)35-27-9-7-25(49-27)26-8-10-28(50-26)36(34-23(5)17-20(2)18-24(34)6)30-12-14-32(52-30)37(31-13-11-29(35)51-31)38-39(44)41(46)43(48)42(47)40(38)45/h7-18,49,51-52H,1-6H3. The molecular formula is C43H33F5N4. The minimum atomic E-state index is -2.22. The van der Waals surface area contributed by atoms with Gasteiger partial charge in [-0.1, -0.05) is 35.4 Å². The molecule has 0 amide bonds. The Morgan fingerprint density at radius 1 is 0.365 bits per heavy atom. The van der Waals surface area contributed by atoms with Crippen molar-refractivity contribution in [2.75, 3.05) is 0 Å². The molecule has 0 saturated carbocycles. The molecule has 3 aromatic carbocycles. The number of hydrogen-bond acceptors (Lipinski definition) is 1. The van der Waals surface area contributed by atoms with Crippen molar-refractivity contribution in [2.45, 2.75) is 41.5 Å². The average molecular weight is 701 g/mol. The van der Waals surface area contributed by atoms with Gasteiger partial charge < -0.3 is 15.0 Å². The average Bonchev–Trinajstić information content (AvgIpc) is 3.92. The van der Waals surface area contributed by atoms with Crippen molar-refractivity contribution in [1.82, 2.24) is 19.9 Å². The van der Waals surface area contributed by atoms with E-state index < -0.39 is 34.6 Å². The summed E-state index contributed by atoms with van der Waals surface area (Å²) < 4.78 is 75.9. The fourth-order valence-corrected chi connectivity index (χ4v) is 7.92. The smallest absolute Gasteiger partial charge is 0.200 e. The van der Waals surface area contributed by atoms with Gasteiger partial charge in [-0.2, -0.15) is 0 Å². The zero-order valence-electron chi connectivity index (χ0n) is 29.3. The number of benzene rings is 3. The van der Waals surface area contributed by atoms with E-state index in [1.807, 2.05) is 65.8 Å². The number of aromatic amines is 3. The van der Waals surface area contributed by atoms with Crippen LogP contribution in [0.4, 0.5) is 22.0 Å². The van der Waals surface area contributed by atoms with Crippen LogP contribution in [-0.2, 0) is 0 Å². The summed E-state index contributed by atoms with van der Waals surface area (Å²) in [5, 5.41) is 0. The third-order valence-corrected chi connectivity index (χ3v) is 9.89. The molecule has 0 saturated heterocycles. The molecule has 3 N–H and O–H groups in total. The predicted molar refractivity (Wildman–Crippen MR) is 200 cm³/mol. The molecule has 1 aliphatic rings. The summed E-state index contributed by atoms with van der Waals surface area (Å²) in [5.74, 6) is -10.1. The van der Waals surface area contributed by atoms with Crippen LogP contribution in [0.3, 0.4) is 0 Å². The van der Waals surface area contributed by atoms with Crippen LogP contribution in [-0.4, -0.2) is 19.9 Å². The Morgan fingerprint density at radius 3 is 1.15 bits per heavy atom. The molecule has 8 rings (SSSR count). The van der Waals surface area contributed by atoms with E-state index >= 15 is 8.78 Å². The van der Waals surface area contributed by atoms with E-state index in [0.717, 1.165) is 66.7 Å². The molecule has 4 aromatic heterocycles. The maximum Gasteiger partial charge on any atom is 0.200 e. The normalized spacial score (nSPS) is 12.1. The minimum absolute atomic E-state index is 0.138. The maximum atomic E-state index is 15.8. The van der Waals surface area contributed by atoms with Crippen molar-refractivity contribution in [2.24, 2.45) is 0 Å².